The highest BCUT2D eigenvalue weighted by Gasteiger charge is 2.30. The topological polar surface area (TPSA) is 37.4 Å². The summed E-state index contributed by atoms with van der Waals surface area (Å²) in [6, 6.07) is 0.158. The van der Waals surface area contributed by atoms with E-state index in [1.165, 1.54) is 19.3 Å². The maximum Gasteiger partial charge on any atom is 0.214 e. The molecule has 5 heteroatoms. The van der Waals surface area contributed by atoms with Gasteiger partial charge in [0.1, 0.15) is 0 Å². The second kappa shape index (κ2) is 8.63. The van der Waals surface area contributed by atoms with Crippen molar-refractivity contribution in [2.75, 3.05) is 17.6 Å². The van der Waals surface area contributed by atoms with Crippen LogP contribution >= 0.6 is 15.9 Å². The fraction of sp³-hybridized carbons (Fsp3) is 1.00. The normalized spacial score (nSPS) is 18.4. The van der Waals surface area contributed by atoms with E-state index in [1.807, 2.05) is 0 Å². The molecule has 0 saturated heterocycles. The van der Waals surface area contributed by atoms with Gasteiger partial charge < -0.3 is 0 Å². The molecule has 19 heavy (non-hydrogen) atoms. The van der Waals surface area contributed by atoms with Crippen LogP contribution in [0.3, 0.4) is 0 Å². The third-order valence-corrected chi connectivity index (χ3v) is 6.63. The van der Waals surface area contributed by atoms with Gasteiger partial charge in [-0.25, -0.2) is 8.42 Å². The lowest BCUT2D eigenvalue weighted by atomic mass is 9.91. The summed E-state index contributed by atoms with van der Waals surface area (Å²) in [5, 5.41) is 0.716. The zero-order valence-corrected chi connectivity index (χ0v) is 14.7. The fourth-order valence-electron chi connectivity index (χ4n) is 3.08. The van der Waals surface area contributed by atoms with E-state index in [0.29, 0.717) is 23.5 Å². The van der Waals surface area contributed by atoms with Crippen LogP contribution in [0.15, 0.2) is 0 Å². The third-order valence-electron chi connectivity index (χ3n) is 4.18. The van der Waals surface area contributed by atoms with Crippen molar-refractivity contribution in [2.24, 2.45) is 5.92 Å². The van der Waals surface area contributed by atoms with Crippen molar-refractivity contribution in [2.45, 2.75) is 64.8 Å². The van der Waals surface area contributed by atoms with Crippen LogP contribution in [-0.4, -0.2) is 36.4 Å². The van der Waals surface area contributed by atoms with Crippen molar-refractivity contribution in [3.63, 3.8) is 0 Å². The van der Waals surface area contributed by atoms with Crippen LogP contribution in [-0.2, 0) is 10.0 Å². The third kappa shape index (κ3) is 5.35. The predicted molar refractivity (Wildman–Crippen MR) is 85.2 cm³/mol. The van der Waals surface area contributed by atoms with Crippen molar-refractivity contribution in [3.05, 3.63) is 0 Å². The van der Waals surface area contributed by atoms with Crippen LogP contribution in [0.25, 0.3) is 0 Å². The van der Waals surface area contributed by atoms with Crippen LogP contribution in [0.2, 0.25) is 0 Å². The molecule has 1 fully saturated rings. The van der Waals surface area contributed by atoms with Crippen LogP contribution < -0.4 is 0 Å². The van der Waals surface area contributed by atoms with Gasteiger partial charge in [0.2, 0.25) is 10.0 Å². The van der Waals surface area contributed by atoms with Crippen molar-refractivity contribution in [3.8, 4) is 0 Å². The van der Waals surface area contributed by atoms with Gasteiger partial charge in [-0.1, -0.05) is 49.0 Å². The van der Waals surface area contributed by atoms with Crippen molar-refractivity contribution >= 4 is 26.0 Å². The lowest BCUT2D eigenvalue weighted by Gasteiger charge is -2.31. The first-order valence-electron chi connectivity index (χ1n) is 7.60. The number of hydrogen-bond acceptors (Lipinski definition) is 2. The molecule has 0 bridgehead atoms. The van der Waals surface area contributed by atoms with E-state index in [0.717, 1.165) is 25.7 Å². The molecule has 0 amide bonds. The zero-order chi connectivity index (χ0) is 14.3. The Labute approximate surface area is 127 Å². The molecule has 3 nitrogen and oxygen atoms in total. The summed E-state index contributed by atoms with van der Waals surface area (Å²) in [7, 11) is -3.10. The van der Waals surface area contributed by atoms with Crippen LogP contribution in [0, 0.1) is 5.92 Å². The molecule has 0 aromatic heterocycles. The highest BCUT2D eigenvalue weighted by atomic mass is 79.9. The van der Waals surface area contributed by atoms with E-state index in [1.54, 1.807) is 4.31 Å². The second-order valence-corrected chi connectivity index (χ2v) is 8.31. The van der Waals surface area contributed by atoms with Gasteiger partial charge in [0, 0.05) is 17.9 Å². The summed E-state index contributed by atoms with van der Waals surface area (Å²) in [5.74, 6) is 0.738. The summed E-state index contributed by atoms with van der Waals surface area (Å²) in [6.45, 7) is 4.75. The Hall–Kier alpha value is 0.390. The van der Waals surface area contributed by atoms with Gasteiger partial charge >= 0.3 is 0 Å². The van der Waals surface area contributed by atoms with Gasteiger partial charge in [0.05, 0.1) is 5.75 Å². The standard InChI is InChI=1S/C14H28BrNO2S/c1-3-14(4-2)16(11-10-15)19(17,18)12-13-8-6-5-7-9-13/h13-14H,3-12H2,1-2H3. The summed E-state index contributed by atoms with van der Waals surface area (Å²) >= 11 is 3.39. The number of rotatable bonds is 8. The number of alkyl halides is 1. The SMILES string of the molecule is CCC(CC)N(CCBr)S(=O)(=O)CC1CCCCC1. The number of hydrogen-bond donors (Lipinski definition) is 0. The molecule has 114 valence electrons. The average molecular weight is 354 g/mol. The Morgan fingerprint density at radius 1 is 1.16 bits per heavy atom. The zero-order valence-electron chi connectivity index (χ0n) is 12.3. The molecule has 0 aromatic rings. The Kier molecular flexibility index (Phi) is 7.92. The smallest absolute Gasteiger partial charge is 0.212 e. The maximum absolute atomic E-state index is 12.7. The molecule has 1 rings (SSSR count). The van der Waals surface area contributed by atoms with Gasteiger partial charge in [0.25, 0.3) is 0 Å². The van der Waals surface area contributed by atoms with Gasteiger partial charge in [-0.3, -0.25) is 0 Å². The summed E-state index contributed by atoms with van der Waals surface area (Å²) in [6.07, 6.45) is 7.64. The highest BCUT2D eigenvalue weighted by molar-refractivity contribution is 9.09. The Morgan fingerprint density at radius 2 is 1.74 bits per heavy atom. The lowest BCUT2D eigenvalue weighted by molar-refractivity contribution is 0.309. The molecule has 0 unspecified atom stereocenters. The molecule has 0 aromatic carbocycles. The van der Waals surface area contributed by atoms with E-state index in [4.69, 9.17) is 0 Å². The summed E-state index contributed by atoms with van der Waals surface area (Å²) < 4.78 is 27.1. The van der Waals surface area contributed by atoms with Crippen LogP contribution in [0.1, 0.15) is 58.8 Å². The van der Waals surface area contributed by atoms with Gasteiger partial charge in [-0.2, -0.15) is 4.31 Å². The largest absolute Gasteiger partial charge is 0.214 e. The monoisotopic (exact) mass is 353 g/mol. The lowest BCUT2D eigenvalue weighted by Crippen LogP contribution is -2.43. The molecule has 0 aliphatic heterocycles. The number of nitrogens with zero attached hydrogens (tertiary/aromatic N) is 1. The Morgan fingerprint density at radius 3 is 2.21 bits per heavy atom. The minimum atomic E-state index is -3.10. The first-order chi connectivity index (χ1) is 9.05. The molecular weight excluding hydrogens is 326 g/mol. The number of halogens is 1. The minimum absolute atomic E-state index is 0.158. The van der Waals surface area contributed by atoms with E-state index in [2.05, 4.69) is 29.8 Å². The quantitative estimate of drug-likeness (QED) is 0.622. The van der Waals surface area contributed by atoms with Crippen molar-refractivity contribution in [1.82, 2.24) is 4.31 Å². The van der Waals surface area contributed by atoms with E-state index in [-0.39, 0.29) is 6.04 Å². The molecule has 0 spiro atoms. The van der Waals surface area contributed by atoms with Crippen LogP contribution in [0.5, 0.6) is 0 Å². The molecule has 0 radical (unpaired) electrons. The first kappa shape index (κ1) is 17.4. The molecule has 0 atom stereocenters. The summed E-state index contributed by atoms with van der Waals surface area (Å²) in [5.41, 5.74) is 0. The molecule has 0 N–H and O–H groups in total. The average Bonchev–Trinajstić information content (AvgIpc) is 2.39. The molecule has 1 aliphatic rings. The molecule has 0 heterocycles. The van der Waals surface area contributed by atoms with Gasteiger partial charge in [0.15, 0.2) is 0 Å². The van der Waals surface area contributed by atoms with E-state index < -0.39 is 10.0 Å². The predicted octanol–water partition coefficient (Wildman–Crippen LogP) is 3.78. The second-order valence-electron chi connectivity index (χ2n) is 5.55. The molecule has 1 saturated carbocycles. The van der Waals surface area contributed by atoms with Gasteiger partial charge in [-0.05, 0) is 31.6 Å². The van der Waals surface area contributed by atoms with Crippen LogP contribution in [0.4, 0.5) is 0 Å². The van der Waals surface area contributed by atoms with Crippen molar-refractivity contribution < 1.29 is 8.42 Å². The fourth-order valence-corrected chi connectivity index (χ4v) is 5.93. The van der Waals surface area contributed by atoms with E-state index in [9.17, 15) is 8.42 Å². The van der Waals surface area contributed by atoms with Crippen molar-refractivity contribution in [1.29, 1.82) is 0 Å². The molecule has 1 aliphatic carbocycles. The Bertz CT molecular complexity index is 335. The molecular formula is C14H28BrNO2S. The van der Waals surface area contributed by atoms with Gasteiger partial charge in [-0.15, -0.1) is 0 Å². The van der Waals surface area contributed by atoms with E-state index >= 15 is 0 Å². The highest BCUT2D eigenvalue weighted by Crippen LogP contribution is 2.27. The summed E-state index contributed by atoms with van der Waals surface area (Å²) in [4.78, 5) is 0. The maximum atomic E-state index is 12.7. The Balaban J connectivity index is 2.73. The first-order valence-corrected chi connectivity index (χ1v) is 10.3. The minimum Gasteiger partial charge on any atom is -0.212 e. The number of sulfonamides is 1.